The van der Waals surface area contributed by atoms with Crippen molar-refractivity contribution >= 4 is 29.6 Å². The topological polar surface area (TPSA) is 708 Å². The number of carbonyl (C=O) groups is 5. The van der Waals surface area contributed by atoms with Gasteiger partial charge in [-0.25, -0.2) is 4.79 Å². The third-order valence-electron chi connectivity index (χ3n) is 27.2. The Hall–Kier alpha value is -4.31. The molecule has 7 fully saturated rings. The Bertz CT molecular complexity index is 3450. The zero-order valence-corrected chi connectivity index (χ0v) is 81.9. The number of ether oxygens (including phenoxy) is 14. The van der Waals surface area contributed by atoms with Crippen molar-refractivity contribution in [2.45, 2.75) is 505 Å². The Labute approximate surface area is 819 Å². The molecule has 7 heterocycles. The highest BCUT2D eigenvalue weighted by Gasteiger charge is 2.64. The lowest BCUT2D eigenvalue weighted by Gasteiger charge is -2.53. The second-order valence-corrected chi connectivity index (χ2v) is 38.5. The molecule has 0 spiro atoms. The van der Waals surface area contributed by atoms with Crippen LogP contribution < -0.4 is 21.3 Å². The molecule has 7 saturated heterocycles. The smallest absolute Gasteiger partial charge is 0.364 e. The fourth-order valence-corrected chi connectivity index (χ4v) is 19.1. The van der Waals surface area contributed by atoms with Gasteiger partial charge in [0.25, 0.3) is 5.79 Å². The van der Waals surface area contributed by atoms with Crippen molar-refractivity contribution in [2.75, 3.05) is 52.9 Å². The summed E-state index contributed by atoms with van der Waals surface area (Å²) in [6.45, 7) is -1.40. The third kappa shape index (κ3) is 37.2. The molecule has 38 atom stereocenters. The first-order valence-corrected chi connectivity index (χ1v) is 51.1. The molecule has 7 aliphatic heterocycles. The van der Waals surface area contributed by atoms with Gasteiger partial charge in [-0.05, 0) is 19.3 Å². The molecular weight excluding hydrogens is 1850 g/mol. The summed E-state index contributed by atoms with van der Waals surface area (Å²) in [5.41, 5.74) is 0. The van der Waals surface area contributed by atoms with E-state index in [0.29, 0.717) is 12.8 Å². The molecule has 45 heteroatoms. The predicted octanol–water partition coefficient (Wildman–Crippen LogP) is -2.13. The quantitative estimate of drug-likeness (QED) is 0.0228. The Morgan fingerprint density at radius 3 is 1.11 bits per heavy atom. The van der Waals surface area contributed by atoms with Crippen molar-refractivity contribution in [1.29, 1.82) is 0 Å². The molecule has 7 aliphatic rings. The van der Waals surface area contributed by atoms with Crippen molar-refractivity contribution in [3.8, 4) is 0 Å². The monoisotopic (exact) mass is 2020 g/mol. The molecule has 7 rings (SSSR count). The van der Waals surface area contributed by atoms with E-state index in [1.165, 1.54) is 154 Å². The molecule has 4 amide bonds. The van der Waals surface area contributed by atoms with Gasteiger partial charge in [-0.3, -0.25) is 19.2 Å². The molecule has 45 nitrogen and oxygen atoms in total. The highest BCUT2D eigenvalue weighted by atomic mass is 16.8. The summed E-state index contributed by atoms with van der Waals surface area (Å²) >= 11 is 0. The highest BCUT2D eigenvalue weighted by molar-refractivity contribution is 5.77. The molecular formula is C95H170N4O41. The van der Waals surface area contributed by atoms with E-state index in [1.807, 2.05) is 6.08 Å². The summed E-state index contributed by atoms with van der Waals surface area (Å²) < 4.78 is 84.7. The Morgan fingerprint density at radius 2 is 0.707 bits per heavy atom. The second kappa shape index (κ2) is 64.8. The van der Waals surface area contributed by atoms with E-state index < -0.39 is 315 Å². The minimum atomic E-state index is -3.51. The molecule has 14 unspecified atom stereocenters. The van der Waals surface area contributed by atoms with Gasteiger partial charge in [-0.1, -0.05) is 231 Å². The third-order valence-corrected chi connectivity index (χ3v) is 27.2. The van der Waals surface area contributed by atoms with Crippen molar-refractivity contribution in [2.24, 2.45) is 0 Å². The van der Waals surface area contributed by atoms with Crippen LogP contribution in [0.4, 0.5) is 0 Å². The summed E-state index contributed by atoms with van der Waals surface area (Å²) in [4.78, 5) is 67.0. The average molecular weight is 2020 g/mol. The zero-order chi connectivity index (χ0) is 103. The van der Waals surface area contributed by atoms with Gasteiger partial charge in [0, 0.05) is 33.6 Å². The lowest BCUT2D eigenvalue weighted by molar-refractivity contribution is -0.403. The van der Waals surface area contributed by atoms with Crippen LogP contribution in [0, 0.1) is 0 Å². The molecule has 26 N–H and O–H groups in total. The number of nitrogens with one attached hydrogen (secondary N) is 4. The molecule has 0 radical (unpaired) electrons. The van der Waals surface area contributed by atoms with E-state index in [0.717, 1.165) is 78.6 Å². The minimum Gasteiger partial charge on any atom is -0.477 e. The van der Waals surface area contributed by atoms with Crippen molar-refractivity contribution in [1.82, 2.24) is 21.3 Å². The summed E-state index contributed by atoms with van der Waals surface area (Å²) in [6, 6.07) is -7.02. The normalized spacial score (nSPS) is 35.9. The standard InChI is InChI=1S/C95H170N4O41/c1-6-8-10-12-14-16-18-20-21-22-23-24-25-26-27-28-29-31-33-35-37-39-41-43-66(113)99-56(57(110)42-40-38-36-34-32-30-19-17-15-13-11-9-7-2)52-127-90-78(122)75(119)82(63(49-104)131-90)135-92-79(123)76(120)81(64(50-105)132-92)134-88-68(97-54(4)108)85(73(117)61(47-102)128-88)138-93-80(124)87(140-95(94(125)126)44-58(111)67(96-53(3)107)86(139-95)70(114)59(112)45-100)83(65(51-106)133-93)136-89-69(98-55(5)109)84(72(116)62(48-103)129-89)137-91-77(121)74(118)71(115)60(46-101)130-91/h40,42,56-65,67-93,100-106,110-112,114-124H,6-39,41,43-52H2,1-5H3,(H,96,107)(H,97,108)(H,98,109)(H,99,113)(H,125,126)/b42-40+/t56-,57+,58?,59+,60?,61?,62?,63?,64?,65?,67+,68?,69?,70+,71-,72-,73-,74-,75+,76+,77?,78?,79?,80?,81-,82+,83-,84+,85+,86?,87+,88-,89-,90+,91-,92-,93-,95-/m0/s1. The van der Waals surface area contributed by atoms with E-state index in [1.54, 1.807) is 6.08 Å². The Kier molecular flexibility index (Phi) is 56.8. The van der Waals surface area contributed by atoms with Crippen LogP contribution in [0.2, 0.25) is 0 Å². The van der Waals surface area contributed by atoms with E-state index in [-0.39, 0.29) is 12.3 Å². The SMILES string of the molecule is CCCCCCCCCCCCC/C=C/[C@@H](O)[C@H](CO[C@@H]1OC(CO)[C@@H](O[C@@H]2OC(CO)[C@H](O[C@@H]3OC(CO)[C@H](O)[C@H](O[C@@H]4OC(CO)[C@H](O[C@@H]5OC(CO)[C@H](O)[C@H](O[C@@H]6OC(CO)[C@H](O)[C@H](O)C6O)C5NC(C)=O)[C@H](O[C@]5(C(=O)O)CC(O)[C@@H](NC(C)=O)C([C@H](O)[C@H](O)CO)O5)C4O)C3NC(C)=O)[C@H](O)C2O)[C@H](O)C1O)NC(=O)CCCCCCCCCCCCCCCCCCCCCCCCC. The number of carbonyl (C=O) groups excluding carboxylic acids is 4. The number of carboxylic acids is 1. The van der Waals surface area contributed by atoms with Gasteiger partial charge in [0.1, 0.15) is 165 Å². The van der Waals surface area contributed by atoms with Crippen LogP contribution >= 0.6 is 0 Å². The van der Waals surface area contributed by atoms with Gasteiger partial charge in [-0.2, -0.15) is 0 Å². The number of amides is 4. The number of hydrogen-bond donors (Lipinski definition) is 26. The largest absolute Gasteiger partial charge is 0.477 e. The maximum Gasteiger partial charge on any atom is 0.364 e. The molecule has 0 aromatic rings. The molecule has 140 heavy (non-hydrogen) atoms. The summed E-state index contributed by atoms with van der Waals surface area (Å²) in [5.74, 6) is -9.06. The summed E-state index contributed by atoms with van der Waals surface area (Å²) in [7, 11) is 0. The van der Waals surface area contributed by atoms with Crippen molar-refractivity contribution in [3.05, 3.63) is 12.2 Å². The maximum atomic E-state index is 14.0. The number of aliphatic carboxylic acids is 1. The van der Waals surface area contributed by atoms with Gasteiger partial charge >= 0.3 is 5.97 Å². The second-order valence-electron chi connectivity index (χ2n) is 38.5. The first kappa shape index (κ1) is 123. The fourth-order valence-electron chi connectivity index (χ4n) is 19.1. The fraction of sp³-hybridized carbons (Fsp3) is 0.926. The molecule has 0 aromatic heterocycles. The van der Waals surface area contributed by atoms with Gasteiger partial charge in [0.15, 0.2) is 37.7 Å². The average Bonchev–Trinajstić information content (AvgIpc) is 0.722. The first-order chi connectivity index (χ1) is 67.1. The summed E-state index contributed by atoms with van der Waals surface area (Å²) in [5, 5.41) is 259. The van der Waals surface area contributed by atoms with Crippen LogP contribution in [-0.2, 0) is 90.3 Å². The van der Waals surface area contributed by atoms with Crippen LogP contribution in [0.15, 0.2) is 12.2 Å². The lowest BCUT2D eigenvalue weighted by atomic mass is 9.88. The molecule has 0 saturated carbocycles. The van der Waals surface area contributed by atoms with Gasteiger partial charge in [-0.15, -0.1) is 0 Å². The molecule has 0 aliphatic carbocycles. The van der Waals surface area contributed by atoms with Crippen LogP contribution in [0.5, 0.6) is 0 Å². The van der Waals surface area contributed by atoms with Crippen LogP contribution in [0.3, 0.4) is 0 Å². The number of allylic oxidation sites excluding steroid dienone is 1. The molecule has 0 aromatic carbocycles. The lowest BCUT2D eigenvalue weighted by Crippen LogP contribution is -2.73. The van der Waals surface area contributed by atoms with Crippen LogP contribution in [-0.4, -0.2) is 427 Å². The number of unbranched alkanes of at least 4 members (excludes halogenated alkanes) is 33. The van der Waals surface area contributed by atoms with Crippen LogP contribution in [0.25, 0.3) is 0 Å². The predicted molar refractivity (Wildman–Crippen MR) is 492 cm³/mol. The number of hydrogen-bond acceptors (Lipinski definition) is 40. The zero-order valence-electron chi connectivity index (χ0n) is 81.9. The van der Waals surface area contributed by atoms with Crippen molar-refractivity contribution in [3.63, 3.8) is 0 Å². The minimum absolute atomic E-state index is 0.143. The number of rotatable bonds is 67. The summed E-state index contributed by atoms with van der Waals surface area (Å²) in [6.07, 6.45) is -26.7. The Morgan fingerprint density at radius 1 is 0.371 bits per heavy atom. The highest BCUT2D eigenvalue weighted by Crippen LogP contribution is 2.43. The molecule has 816 valence electrons. The molecule has 0 bridgehead atoms. The van der Waals surface area contributed by atoms with Gasteiger partial charge in [0.05, 0.1) is 77.1 Å². The van der Waals surface area contributed by atoms with Gasteiger partial charge in [0.2, 0.25) is 23.6 Å². The van der Waals surface area contributed by atoms with Crippen molar-refractivity contribution < 1.29 is 203 Å². The maximum absolute atomic E-state index is 14.0. The van der Waals surface area contributed by atoms with E-state index in [9.17, 15) is 136 Å². The number of aliphatic hydroxyl groups excluding tert-OH is 21. The van der Waals surface area contributed by atoms with Crippen LogP contribution in [0.1, 0.15) is 272 Å². The first-order valence-electron chi connectivity index (χ1n) is 51.1. The van der Waals surface area contributed by atoms with E-state index in [2.05, 4.69) is 35.1 Å². The number of carboxylic acid groups (broad SMARTS) is 1. The van der Waals surface area contributed by atoms with E-state index in [4.69, 9.17) is 66.3 Å². The number of aliphatic hydroxyl groups is 21. The van der Waals surface area contributed by atoms with E-state index >= 15 is 0 Å². The van der Waals surface area contributed by atoms with Gasteiger partial charge < -0.3 is 200 Å². The Balaban J connectivity index is 1.05.